The van der Waals surface area contributed by atoms with Crippen LogP contribution in [0.5, 0.6) is 0 Å². The molecule has 0 radical (unpaired) electrons. The molecule has 2 aromatic rings. The fraction of sp³-hybridized carbons (Fsp3) is 0.444. The number of Topliss-reactive ketones (excluding diaryl/α,β-unsaturated/α-hetero) is 1. The second-order valence-corrected chi connectivity index (χ2v) is 7.18. The smallest absolute Gasteiger partial charge is 0.231 e. The Morgan fingerprint density at radius 3 is 3.00 bits per heavy atom. The molecule has 132 valence electrons. The van der Waals surface area contributed by atoms with Crippen molar-refractivity contribution in [2.24, 2.45) is 0 Å². The van der Waals surface area contributed by atoms with Crippen LogP contribution in [0.25, 0.3) is 0 Å². The van der Waals surface area contributed by atoms with Crippen molar-refractivity contribution in [1.29, 1.82) is 0 Å². The third kappa shape index (κ3) is 3.92. The summed E-state index contributed by atoms with van der Waals surface area (Å²) < 4.78 is 2.00. The van der Waals surface area contributed by atoms with Crippen molar-refractivity contribution < 1.29 is 9.59 Å². The second kappa shape index (κ2) is 7.82. The van der Waals surface area contributed by atoms with Crippen LogP contribution in [0.2, 0.25) is 0 Å². The first-order valence-electron chi connectivity index (χ1n) is 8.58. The molecule has 2 heterocycles. The molecule has 25 heavy (non-hydrogen) atoms. The van der Waals surface area contributed by atoms with Crippen molar-refractivity contribution in [2.75, 3.05) is 11.1 Å². The van der Waals surface area contributed by atoms with Gasteiger partial charge in [0.25, 0.3) is 0 Å². The van der Waals surface area contributed by atoms with Crippen LogP contribution in [0.4, 0.5) is 5.69 Å². The normalized spacial score (nSPS) is 15.9. The highest BCUT2D eigenvalue weighted by Crippen LogP contribution is 2.33. The van der Waals surface area contributed by atoms with Gasteiger partial charge in [-0.3, -0.25) is 9.59 Å². The van der Waals surface area contributed by atoms with E-state index in [2.05, 4.69) is 22.4 Å². The van der Waals surface area contributed by atoms with Crippen molar-refractivity contribution in [3.05, 3.63) is 35.7 Å². The number of rotatable bonds is 8. The van der Waals surface area contributed by atoms with Gasteiger partial charge in [0, 0.05) is 17.8 Å². The summed E-state index contributed by atoms with van der Waals surface area (Å²) in [6, 6.07) is 5.40. The first kappa shape index (κ1) is 17.7. The number of nitrogens with zero attached hydrogens (tertiary/aromatic N) is 3. The highest BCUT2D eigenvalue weighted by molar-refractivity contribution is 7.99. The number of aromatic nitrogens is 3. The molecular formula is C18H22N4O2S. The number of hydrogen-bond acceptors (Lipinski definition) is 5. The van der Waals surface area contributed by atoms with Crippen molar-refractivity contribution in [2.45, 2.75) is 50.7 Å². The molecule has 0 saturated heterocycles. The second-order valence-electron chi connectivity index (χ2n) is 6.24. The topological polar surface area (TPSA) is 76.9 Å². The molecule has 0 spiro atoms. The Bertz CT molecular complexity index is 787. The number of carbonyl (C=O) groups excluding carboxylic acids is 2. The molecule has 6 nitrogen and oxygen atoms in total. The number of aryl methyl sites for hydroxylation is 1. The summed E-state index contributed by atoms with van der Waals surface area (Å²) in [6.07, 6.45) is 5.13. The number of nitrogens with one attached hydrogen (secondary N) is 1. The molecule has 0 saturated carbocycles. The van der Waals surface area contributed by atoms with Crippen molar-refractivity contribution >= 4 is 29.1 Å². The maximum atomic E-state index is 12.5. The van der Waals surface area contributed by atoms with E-state index in [9.17, 15) is 9.59 Å². The van der Waals surface area contributed by atoms with E-state index in [1.807, 2.05) is 23.6 Å². The number of amides is 1. The predicted octanol–water partition coefficient (Wildman–Crippen LogP) is 3.50. The summed E-state index contributed by atoms with van der Waals surface area (Å²) in [5, 5.41) is 11.7. The molecule has 1 N–H and O–H groups in total. The number of ketones is 1. The average molecular weight is 358 g/mol. The molecule has 1 atom stereocenters. The van der Waals surface area contributed by atoms with E-state index >= 15 is 0 Å². The van der Waals surface area contributed by atoms with Crippen LogP contribution < -0.4 is 5.32 Å². The molecule has 1 amide bonds. The minimum absolute atomic E-state index is 0.0193. The molecule has 0 fully saturated rings. The van der Waals surface area contributed by atoms with Gasteiger partial charge in [-0.15, -0.1) is 10.2 Å². The lowest BCUT2D eigenvalue weighted by Crippen LogP contribution is -2.08. The molecule has 0 bridgehead atoms. The third-order valence-electron chi connectivity index (χ3n) is 4.41. The van der Waals surface area contributed by atoms with Crippen LogP contribution in [-0.2, 0) is 11.3 Å². The van der Waals surface area contributed by atoms with Gasteiger partial charge in [0.15, 0.2) is 10.9 Å². The number of anilines is 1. The summed E-state index contributed by atoms with van der Waals surface area (Å²) in [7, 11) is 0. The zero-order chi connectivity index (χ0) is 17.8. The molecule has 1 aliphatic heterocycles. The minimum Gasteiger partial charge on any atom is -0.325 e. The van der Waals surface area contributed by atoms with Gasteiger partial charge in [-0.1, -0.05) is 31.5 Å². The van der Waals surface area contributed by atoms with Crippen molar-refractivity contribution in [1.82, 2.24) is 14.8 Å². The van der Waals surface area contributed by atoms with Crippen LogP contribution in [0.15, 0.2) is 29.7 Å². The Labute approximate surface area is 151 Å². The van der Waals surface area contributed by atoms with Crippen molar-refractivity contribution in [3.63, 3.8) is 0 Å². The number of unbranched alkanes of at least 4 members (excludes halogenated alkanes) is 2. The molecule has 0 unspecified atom stereocenters. The summed E-state index contributed by atoms with van der Waals surface area (Å²) in [6.45, 7) is 4.89. The van der Waals surface area contributed by atoms with Gasteiger partial charge in [-0.2, -0.15) is 0 Å². The van der Waals surface area contributed by atoms with Gasteiger partial charge in [-0.25, -0.2) is 0 Å². The van der Waals surface area contributed by atoms with Gasteiger partial charge >= 0.3 is 0 Å². The van der Waals surface area contributed by atoms with E-state index in [0.29, 0.717) is 11.3 Å². The van der Waals surface area contributed by atoms with Gasteiger partial charge < -0.3 is 9.88 Å². The molecule has 3 rings (SSSR count). The van der Waals surface area contributed by atoms with E-state index < -0.39 is 0 Å². The lowest BCUT2D eigenvalue weighted by Gasteiger charge is -2.07. The summed E-state index contributed by atoms with van der Waals surface area (Å²) in [5.41, 5.74) is 2.33. The monoisotopic (exact) mass is 358 g/mol. The first-order valence-corrected chi connectivity index (χ1v) is 9.57. The molecule has 1 aromatic carbocycles. The Morgan fingerprint density at radius 2 is 2.20 bits per heavy atom. The Balaban J connectivity index is 1.62. The van der Waals surface area contributed by atoms with Crippen LogP contribution in [0.3, 0.4) is 0 Å². The van der Waals surface area contributed by atoms with Crippen LogP contribution >= 0.6 is 11.8 Å². The summed E-state index contributed by atoms with van der Waals surface area (Å²) in [5.74, 6) is 0.106. The molecule has 7 heteroatoms. The summed E-state index contributed by atoms with van der Waals surface area (Å²) in [4.78, 5) is 24.2. The van der Waals surface area contributed by atoms with E-state index in [-0.39, 0.29) is 17.6 Å². The zero-order valence-electron chi connectivity index (χ0n) is 14.5. The van der Waals surface area contributed by atoms with Crippen LogP contribution in [0.1, 0.15) is 54.9 Å². The van der Waals surface area contributed by atoms with E-state index in [1.54, 1.807) is 12.4 Å². The standard InChI is InChI=1S/C18H22N4O2S/c1-3-4-5-8-22-11-19-21-18(22)25-10-16(23)13-6-7-15-14(9-13)12(2)17(24)20-15/h6-7,9,11-12H,3-5,8,10H2,1-2H3,(H,20,24)/t12-/m1/s1. The van der Waals surface area contributed by atoms with Gasteiger partial charge in [0.2, 0.25) is 5.91 Å². The highest BCUT2D eigenvalue weighted by atomic mass is 32.2. The molecular weight excluding hydrogens is 336 g/mol. The lowest BCUT2D eigenvalue weighted by molar-refractivity contribution is -0.116. The fourth-order valence-corrected chi connectivity index (χ4v) is 3.68. The predicted molar refractivity (Wildman–Crippen MR) is 98.1 cm³/mol. The van der Waals surface area contributed by atoms with Crippen LogP contribution in [0, 0.1) is 0 Å². The maximum Gasteiger partial charge on any atom is 0.231 e. The first-order chi connectivity index (χ1) is 12.1. The average Bonchev–Trinajstić information content (AvgIpc) is 3.17. The Hall–Kier alpha value is -2.15. The van der Waals surface area contributed by atoms with E-state index in [1.165, 1.54) is 18.2 Å². The SMILES string of the molecule is CCCCCn1cnnc1SCC(=O)c1ccc2c(c1)[C@@H](C)C(=O)N2. The van der Waals surface area contributed by atoms with Gasteiger partial charge in [0.1, 0.15) is 6.33 Å². The van der Waals surface area contributed by atoms with E-state index in [4.69, 9.17) is 0 Å². The van der Waals surface area contributed by atoms with Crippen LogP contribution in [-0.4, -0.2) is 32.2 Å². The quantitative estimate of drug-likeness (QED) is 0.444. The third-order valence-corrected chi connectivity index (χ3v) is 5.39. The number of fused-ring (bicyclic) bond motifs is 1. The number of benzene rings is 1. The highest BCUT2D eigenvalue weighted by Gasteiger charge is 2.27. The van der Waals surface area contributed by atoms with Gasteiger partial charge in [-0.05, 0) is 37.1 Å². The minimum atomic E-state index is -0.211. The zero-order valence-corrected chi connectivity index (χ0v) is 15.3. The lowest BCUT2D eigenvalue weighted by atomic mass is 9.99. The van der Waals surface area contributed by atoms with E-state index in [0.717, 1.165) is 35.8 Å². The number of carbonyl (C=O) groups is 2. The maximum absolute atomic E-state index is 12.5. The summed E-state index contributed by atoms with van der Waals surface area (Å²) >= 11 is 1.41. The number of thioether (sulfide) groups is 1. The molecule has 1 aliphatic rings. The van der Waals surface area contributed by atoms with Gasteiger partial charge in [0.05, 0.1) is 11.7 Å². The van der Waals surface area contributed by atoms with Crippen molar-refractivity contribution in [3.8, 4) is 0 Å². The number of hydrogen-bond donors (Lipinski definition) is 1. The Kier molecular flexibility index (Phi) is 5.53. The molecule has 1 aromatic heterocycles. The fourth-order valence-electron chi connectivity index (χ4n) is 2.85. The molecule has 0 aliphatic carbocycles. The Morgan fingerprint density at radius 1 is 1.36 bits per heavy atom. The largest absolute Gasteiger partial charge is 0.325 e.